The highest BCUT2D eigenvalue weighted by Crippen LogP contribution is 2.47. The predicted octanol–water partition coefficient (Wildman–Crippen LogP) is 3.58. The topological polar surface area (TPSA) is 35.6 Å². The molecule has 24 heavy (non-hydrogen) atoms. The lowest BCUT2D eigenvalue weighted by atomic mass is 9.68. The second-order valence-corrected chi connectivity index (χ2v) is 7.68. The van der Waals surface area contributed by atoms with Crippen LogP contribution in [0.1, 0.15) is 51.0 Å². The van der Waals surface area contributed by atoms with E-state index in [0.29, 0.717) is 0 Å². The maximum atomic E-state index is 12.3. The summed E-state index contributed by atoms with van der Waals surface area (Å²) in [5.74, 6) is 0. The fourth-order valence-electron chi connectivity index (χ4n) is 4.62. The first-order valence-corrected chi connectivity index (χ1v) is 9.32. The van der Waals surface area contributed by atoms with Crippen molar-refractivity contribution in [3.05, 3.63) is 35.9 Å². The van der Waals surface area contributed by atoms with Crippen molar-refractivity contribution >= 4 is 6.03 Å². The van der Waals surface area contributed by atoms with Gasteiger partial charge in [0.1, 0.15) is 0 Å². The molecule has 1 spiro atoms. The smallest absolute Gasteiger partial charge is 0.318 e. The molecule has 1 aliphatic heterocycles. The third-order valence-electron chi connectivity index (χ3n) is 6.30. The van der Waals surface area contributed by atoms with Crippen LogP contribution in [0, 0.1) is 0 Å². The summed E-state index contributed by atoms with van der Waals surface area (Å²) in [6.45, 7) is 3.89. The number of benzene rings is 1. The molecule has 4 nitrogen and oxygen atoms in total. The molecule has 0 bridgehead atoms. The Morgan fingerprint density at radius 3 is 2.38 bits per heavy atom. The number of rotatable bonds is 5. The van der Waals surface area contributed by atoms with Crippen LogP contribution in [0.25, 0.3) is 0 Å². The minimum Gasteiger partial charge on any atom is -0.336 e. The number of urea groups is 1. The van der Waals surface area contributed by atoms with Crippen LogP contribution in [-0.2, 0) is 5.54 Å². The van der Waals surface area contributed by atoms with Gasteiger partial charge in [-0.2, -0.15) is 0 Å². The molecule has 2 aliphatic rings. The zero-order valence-electron chi connectivity index (χ0n) is 15.3. The van der Waals surface area contributed by atoms with Crippen molar-refractivity contribution in [3.63, 3.8) is 0 Å². The molecule has 2 amide bonds. The average Bonchev–Trinajstić information content (AvgIpc) is 2.90. The Morgan fingerprint density at radius 2 is 1.79 bits per heavy atom. The zero-order valence-corrected chi connectivity index (χ0v) is 15.3. The van der Waals surface area contributed by atoms with Gasteiger partial charge < -0.3 is 10.2 Å². The maximum absolute atomic E-state index is 12.3. The Morgan fingerprint density at radius 1 is 1.12 bits per heavy atom. The molecule has 0 radical (unpaired) electrons. The van der Waals surface area contributed by atoms with Crippen LogP contribution in [0.2, 0.25) is 0 Å². The Hall–Kier alpha value is -1.55. The summed E-state index contributed by atoms with van der Waals surface area (Å²) in [6.07, 6.45) is 6.56. The molecule has 2 fully saturated rings. The Labute approximate surface area is 146 Å². The number of carbonyl (C=O) groups is 1. The number of nitrogens with zero attached hydrogens (tertiary/aromatic N) is 2. The van der Waals surface area contributed by atoms with Gasteiger partial charge >= 0.3 is 6.03 Å². The highest BCUT2D eigenvalue weighted by Gasteiger charge is 2.51. The standard InChI is InChI=1S/C20H31N3O/c1-4-5-15-23-18(24)21-16-19(23)11-13-20(14-12-19,22(2)3)17-9-7-6-8-10-17/h6-10H,4-5,11-16H2,1-3H3,(H,21,24)/t19-,20+. The van der Waals surface area contributed by atoms with Crippen molar-refractivity contribution in [1.82, 2.24) is 15.1 Å². The van der Waals surface area contributed by atoms with E-state index in [0.717, 1.165) is 51.6 Å². The lowest BCUT2D eigenvalue weighted by Crippen LogP contribution is -2.55. The lowest BCUT2D eigenvalue weighted by molar-refractivity contribution is 0.0257. The van der Waals surface area contributed by atoms with Crippen molar-refractivity contribution in [2.24, 2.45) is 0 Å². The van der Waals surface area contributed by atoms with E-state index in [4.69, 9.17) is 0 Å². The van der Waals surface area contributed by atoms with Crippen LogP contribution >= 0.6 is 0 Å². The van der Waals surface area contributed by atoms with Crippen molar-refractivity contribution in [1.29, 1.82) is 0 Å². The van der Waals surface area contributed by atoms with E-state index in [9.17, 15) is 4.79 Å². The largest absolute Gasteiger partial charge is 0.336 e. The second-order valence-electron chi connectivity index (χ2n) is 7.68. The maximum Gasteiger partial charge on any atom is 0.318 e. The van der Waals surface area contributed by atoms with Crippen molar-refractivity contribution in [3.8, 4) is 0 Å². The summed E-state index contributed by atoms with van der Waals surface area (Å²) in [4.78, 5) is 16.8. The minimum absolute atomic E-state index is 0.0283. The van der Waals surface area contributed by atoms with Crippen molar-refractivity contribution in [2.75, 3.05) is 27.2 Å². The summed E-state index contributed by atoms with van der Waals surface area (Å²) in [7, 11) is 4.38. The summed E-state index contributed by atoms with van der Waals surface area (Å²) in [5, 5.41) is 3.11. The lowest BCUT2D eigenvalue weighted by Gasteiger charge is -2.51. The van der Waals surface area contributed by atoms with Gasteiger partial charge in [-0.05, 0) is 51.8 Å². The minimum atomic E-state index is 0.0283. The molecule has 4 heteroatoms. The number of carbonyl (C=O) groups excluding carboxylic acids is 1. The molecule has 1 saturated heterocycles. The second kappa shape index (κ2) is 6.75. The highest BCUT2D eigenvalue weighted by molar-refractivity contribution is 5.78. The van der Waals surface area contributed by atoms with E-state index in [1.54, 1.807) is 0 Å². The summed E-state index contributed by atoms with van der Waals surface area (Å²) in [5.41, 5.74) is 1.53. The number of hydrogen-bond acceptors (Lipinski definition) is 2. The Bertz CT molecular complexity index is 562. The molecule has 1 heterocycles. The van der Waals surface area contributed by atoms with E-state index >= 15 is 0 Å². The van der Waals surface area contributed by atoms with Crippen LogP contribution in [0.4, 0.5) is 4.79 Å². The first-order valence-electron chi connectivity index (χ1n) is 9.32. The van der Waals surface area contributed by atoms with Crippen LogP contribution < -0.4 is 5.32 Å². The monoisotopic (exact) mass is 329 g/mol. The quantitative estimate of drug-likeness (QED) is 0.896. The predicted molar refractivity (Wildman–Crippen MR) is 98.0 cm³/mol. The van der Waals surface area contributed by atoms with Gasteiger partial charge in [-0.3, -0.25) is 4.90 Å². The average molecular weight is 329 g/mol. The normalized spacial score (nSPS) is 30.2. The number of nitrogens with one attached hydrogen (secondary N) is 1. The number of unbranched alkanes of at least 4 members (excludes halogenated alkanes) is 1. The summed E-state index contributed by atoms with van der Waals surface area (Å²) in [6, 6.07) is 11.0. The molecular formula is C20H31N3O. The van der Waals surface area contributed by atoms with Crippen LogP contribution in [-0.4, -0.2) is 48.6 Å². The van der Waals surface area contributed by atoms with Crippen LogP contribution in [0.3, 0.4) is 0 Å². The van der Waals surface area contributed by atoms with E-state index in [1.807, 2.05) is 0 Å². The summed E-state index contributed by atoms with van der Waals surface area (Å²) >= 11 is 0. The molecular weight excluding hydrogens is 298 g/mol. The van der Waals surface area contributed by atoms with E-state index in [2.05, 4.69) is 66.5 Å². The van der Waals surface area contributed by atoms with Gasteiger partial charge in [-0.1, -0.05) is 43.7 Å². The van der Waals surface area contributed by atoms with Crippen molar-refractivity contribution in [2.45, 2.75) is 56.5 Å². The van der Waals surface area contributed by atoms with E-state index in [1.165, 1.54) is 5.56 Å². The molecule has 0 aromatic heterocycles. The van der Waals surface area contributed by atoms with Gasteiger partial charge in [0.2, 0.25) is 0 Å². The fraction of sp³-hybridized carbons (Fsp3) is 0.650. The molecule has 1 N–H and O–H groups in total. The van der Waals surface area contributed by atoms with Crippen LogP contribution in [0.5, 0.6) is 0 Å². The van der Waals surface area contributed by atoms with Gasteiger partial charge in [0.05, 0.1) is 5.54 Å². The van der Waals surface area contributed by atoms with Crippen LogP contribution in [0.15, 0.2) is 30.3 Å². The van der Waals surface area contributed by atoms with Gasteiger partial charge in [-0.15, -0.1) is 0 Å². The van der Waals surface area contributed by atoms with Gasteiger partial charge in [-0.25, -0.2) is 4.79 Å². The molecule has 3 rings (SSSR count). The highest BCUT2D eigenvalue weighted by atomic mass is 16.2. The van der Waals surface area contributed by atoms with E-state index in [-0.39, 0.29) is 17.1 Å². The Kier molecular flexibility index (Phi) is 4.86. The first kappa shape index (κ1) is 17.3. The molecule has 1 aliphatic carbocycles. The number of amides is 2. The van der Waals surface area contributed by atoms with Gasteiger partial charge in [0.25, 0.3) is 0 Å². The SMILES string of the molecule is CCCCN1C(=O)NC[C@]12CC[C@](c1ccccc1)(N(C)C)CC2. The van der Waals surface area contributed by atoms with Gasteiger partial charge in [0, 0.05) is 18.6 Å². The zero-order chi connectivity index (χ0) is 17.2. The molecule has 0 unspecified atom stereocenters. The third kappa shape index (κ3) is 2.81. The number of hydrogen-bond donors (Lipinski definition) is 1. The Balaban J connectivity index is 1.81. The molecule has 132 valence electrons. The third-order valence-corrected chi connectivity index (χ3v) is 6.30. The van der Waals surface area contributed by atoms with Crippen molar-refractivity contribution < 1.29 is 4.79 Å². The molecule has 0 atom stereocenters. The summed E-state index contributed by atoms with van der Waals surface area (Å²) < 4.78 is 0. The first-order chi connectivity index (χ1) is 11.5. The van der Waals surface area contributed by atoms with Gasteiger partial charge in [0.15, 0.2) is 0 Å². The fourth-order valence-corrected chi connectivity index (χ4v) is 4.62. The molecule has 1 aromatic rings. The molecule has 1 aromatic carbocycles. The molecule has 1 saturated carbocycles. The van der Waals surface area contributed by atoms with E-state index < -0.39 is 0 Å².